The Bertz CT molecular complexity index is 1080. The number of hydrogen-bond acceptors (Lipinski definition) is 3. The van der Waals surface area contributed by atoms with Crippen molar-refractivity contribution in [3.8, 4) is 0 Å². The molecule has 0 aliphatic carbocycles. The van der Waals surface area contributed by atoms with Crippen LogP contribution in [0.5, 0.6) is 0 Å². The van der Waals surface area contributed by atoms with Crippen molar-refractivity contribution in [1.82, 2.24) is 15.0 Å². The van der Waals surface area contributed by atoms with Gasteiger partial charge in [-0.2, -0.15) is 0 Å². The molecule has 0 radical (unpaired) electrons. The average molecular weight is 355 g/mol. The number of fused-ring (bicyclic) bond motifs is 1. The highest BCUT2D eigenvalue weighted by atomic mass is 16.1. The van der Waals surface area contributed by atoms with Gasteiger partial charge in [0, 0.05) is 12.0 Å². The van der Waals surface area contributed by atoms with Crippen LogP contribution in [-0.2, 0) is 6.42 Å². The number of aryl methyl sites for hydroxylation is 2. The molecule has 3 aromatic carbocycles. The molecule has 0 fully saturated rings. The third-order valence-corrected chi connectivity index (χ3v) is 4.86. The zero-order valence-electron chi connectivity index (χ0n) is 15.5. The Morgan fingerprint density at radius 3 is 2.22 bits per heavy atom. The topological polar surface area (TPSA) is 47.8 Å². The number of Topliss-reactive ketones (excluding diaryl/α,β-unsaturated/α-hetero) is 1. The Hall–Kier alpha value is -3.27. The summed E-state index contributed by atoms with van der Waals surface area (Å²) in [4.78, 5) is 13.4. The molecule has 134 valence electrons. The monoisotopic (exact) mass is 355 g/mol. The van der Waals surface area contributed by atoms with Gasteiger partial charge in [0.05, 0.1) is 5.52 Å². The molecule has 1 heterocycles. The lowest BCUT2D eigenvalue weighted by molar-refractivity contribution is 0.0918. The second-order valence-corrected chi connectivity index (χ2v) is 6.96. The Kier molecular flexibility index (Phi) is 4.55. The summed E-state index contributed by atoms with van der Waals surface area (Å²) in [5.41, 5.74) is 5.79. The summed E-state index contributed by atoms with van der Waals surface area (Å²) in [7, 11) is 0. The first-order chi connectivity index (χ1) is 13.1. The van der Waals surface area contributed by atoms with Gasteiger partial charge in [0.15, 0.2) is 5.78 Å². The zero-order valence-corrected chi connectivity index (χ0v) is 15.5. The third kappa shape index (κ3) is 3.51. The van der Waals surface area contributed by atoms with Gasteiger partial charge in [-0.05, 0) is 31.5 Å². The number of hydrogen-bond donors (Lipinski definition) is 0. The lowest BCUT2D eigenvalue weighted by Gasteiger charge is -2.17. The molecular formula is C23H21N3O. The van der Waals surface area contributed by atoms with Crippen molar-refractivity contribution in [2.24, 2.45) is 0 Å². The second-order valence-electron chi connectivity index (χ2n) is 6.96. The third-order valence-electron chi connectivity index (χ3n) is 4.86. The largest absolute Gasteiger partial charge is 0.292 e. The van der Waals surface area contributed by atoms with Gasteiger partial charge in [-0.3, -0.25) is 4.79 Å². The van der Waals surface area contributed by atoms with Crippen LogP contribution in [0, 0.1) is 13.8 Å². The van der Waals surface area contributed by atoms with E-state index in [2.05, 4.69) is 41.5 Å². The molecule has 0 N–H and O–H groups in total. The Balaban J connectivity index is 1.77. The standard InChI is InChI=1S/C23H21N3O/c1-16-7-11-18(12-8-16)15-22(23(27)19-13-9-17(2)10-14-19)26-21-6-4-3-5-20(21)24-25-26/h3-14,22H,15H2,1-2H3. The number of carbonyl (C=O) groups excluding carboxylic acids is 1. The molecule has 0 bridgehead atoms. The minimum Gasteiger partial charge on any atom is -0.292 e. The number of nitrogens with zero attached hydrogens (tertiary/aromatic N) is 3. The zero-order chi connectivity index (χ0) is 18.8. The molecule has 1 aromatic heterocycles. The Labute approximate surface area is 158 Å². The van der Waals surface area contributed by atoms with E-state index in [4.69, 9.17) is 0 Å². The van der Waals surface area contributed by atoms with Crippen molar-refractivity contribution in [2.75, 3.05) is 0 Å². The fraction of sp³-hybridized carbons (Fsp3) is 0.174. The van der Waals surface area contributed by atoms with Crippen LogP contribution in [0.3, 0.4) is 0 Å². The SMILES string of the molecule is Cc1ccc(CC(C(=O)c2ccc(C)cc2)n2nnc3ccccc32)cc1. The van der Waals surface area contributed by atoms with E-state index in [1.165, 1.54) is 5.56 Å². The van der Waals surface area contributed by atoms with Gasteiger partial charge >= 0.3 is 0 Å². The highest BCUT2D eigenvalue weighted by molar-refractivity contribution is 5.99. The van der Waals surface area contributed by atoms with Crippen LogP contribution in [0.2, 0.25) is 0 Å². The minimum atomic E-state index is -0.442. The maximum absolute atomic E-state index is 13.4. The fourth-order valence-corrected chi connectivity index (χ4v) is 3.27. The summed E-state index contributed by atoms with van der Waals surface area (Å²) in [6.45, 7) is 4.08. The molecule has 0 aliphatic rings. The molecule has 1 atom stereocenters. The number of carbonyl (C=O) groups is 1. The summed E-state index contributed by atoms with van der Waals surface area (Å²) in [6.07, 6.45) is 0.570. The van der Waals surface area contributed by atoms with Gasteiger partial charge in [-0.15, -0.1) is 5.10 Å². The molecule has 4 nitrogen and oxygen atoms in total. The lowest BCUT2D eigenvalue weighted by atomic mass is 9.96. The molecule has 4 aromatic rings. The van der Waals surface area contributed by atoms with Crippen LogP contribution in [-0.4, -0.2) is 20.8 Å². The normalized spacial score (nSPS) is 12.2. The smallest absolute Gasteiger partial charge is 0.187 e. The van der Waals surface area contributed by atoms with Crippen molar-refractivity contribution in [1.29, 1.82) is 0 Å². The van der Waals surface area contributed by atoms with E-state index < -0.39 is 6.04 Å². The summed E-state index contributed by atoms with van der Waals surface area (Å²) in [5, 5.41) is 8.57. The van der Waals surface area contributed by atoms with Gasteiger partial charge in [0.1, 0.15) is 11.6 Å². The van der Waals surface area contributed by atoms with E-state index in [0.29, 0.717) is 12.0 Å². The predicted molar refractivity (Wildman–Crippen MR) is 107 cm³/mol. The summed E-state index contributed by atoms with van der Waals surface area (Å²) < 4.78 is 1.76. The number of rotatable bonds is 5. The number of benzene rings is 3. The molecule has 4 heteroatoms. The minimum absolute atomic E-state index is 0.0474. The van der Waals surface area contributed by atoms with Crippen LogP contribution in [0.15, 0.2) is 72.8 Å². The van der Waals surface area contributed by atoms with E-state index >= 15 is 0 Å². The first kappa shape index (κ1) is 17.2. The van der Waals surface area contributed by atoms with E-state index in [1.807, 2.05) is 55.5 Å². The molecule has 0 saturated carbocycles. The maximum Gasteiger partial charge on any atom is 0.187 e. The van der Waals surface area contributed by atoms with E-state index in [0.717, 1.165) is 22.2 Å². The maximum atomic E-state index is 13.4. The van der Waals surface area contributed by atoms with Gasteiger partial charge in [-0.25, -0.2) is 4.68 Å². The van der Waals surface area contributed by atoms with Crippen LogP contribution in [0.4, 0.5) is 0 Å². The van der Waals surface area contributed by atoms with Crippen molar-refractivity contribution >= 4 is 16.8 Å². The number of ketones is 1. The number of aromatic nitrogens is 3. The second kappa shape index (κ2) is 7.16. The Morgan fingerprint density at radius 1 is 0.889 bits per heavy atom. The molecule has 0 amide bonds. The van der Waals surface area contributed by atoms with Crippen molar-refractivity contribution < 1.29 is 4.79 Å². The van der Waals surface area contributed by atoms with E-state index in [1.54, 1.807) is 4.68 Å². The van der Waals surface area contributed by atoms with Gasteiger partial charge in [-0.1, -0.05) is 77.0 Å². The molecule has 1 unspecified atom stereocenters. The van der Waals surface area contributed by atoms with Gasteiger partial charge in [0.2, 0.25) is 0 Å². The van der Waals surface area contributed by atoms with Gasteiger partial charge in [0.25, 0.3) is 0 Å². The van der Waals surface area contributed by atoms with E-state index in [9.17, 15) is 4.79 Å². The lowest BCUT2D eigenvalue weighted by Crippen LogP contribution is -2.23. The van der Waals surface area contributed by atoms with Crippen LogP contribution < -0.4 is 0 Å². The summed E-state index contributed by atoms with van der Waals surface area (Å²) in [6, 6.07) is 23.3. The molecular weight excluding hydrogens is 334 g/mol. The Morgan fingerprint density at radius 2 is 1.52 bits per heavy atom. The van der Waals surface area contributed by atoms with Crippen LogP contribution >= 0.6 is 0 Å². The molecule has 0 aliphatic heterocycles. The van der Waals surface area contributed by atoms with Crippen molar-refractivity contribution in [2.45, 2.75) is 26.3 Å². The van der Waals surface area contributed by atoms with Crippen molar-refractivity contribution in [3.63, 3.8) is 0 Å². The quantitative estimate of drug-likeness (QED) is 0.487. The van der Waals surface area contributed by atoms with Crippen molar-refractivity contribution in [3.05, 3.63) is 95.1 Å². The average Bonchev–Trinajstić information content (AvgIpc) is 3.11. The fourth-order valence-electron chi connectivity index (χ4n) is 3.27. The van der Waals surface area contributed by atoms with Crippen LogP contribution in [0.25, 0.3) is 11.0 Å². The molecule has 0 saturated heterocycles. The number of para-hydroxylation sites is 1. The molecule has 27 heavy (non-hydrogen) atoms. The summed E-state index contributed by atoms with van der Waals surface area (Å²) in [5.74, 6) is 0.0474. The van der Waals surface area contributed by atoms with Crippen LogP contribution in [0.1, 0.15) is 33.1 Å². The highest BCUT2D eigenvalue weighted by Crippen LogP contribution is 2.24. The molecule has 0 spiro atoms. The van der Waals surface area contributed by atoms with Gasteiger partial charge < -0.3 is 0 Å². The molecule has 4 rings (SSSR count). The first-order valence-electron chi connectivity index (χ1n) is 9.08. The summed E-state index contributed by atoms with van der Waals surface area (Å²) >= 11 is 0. The van der Waals surface area contributed by atoms with E-state index in [-0.39, 0.29) is 5.78 Å². The first-order valence-corrected chi connectivity index (χ1v) is 9.08. The predicted octanol–water partition coefficient (Wildman–Crippen LogP) is 4.71. The highest BCUT2D eigenvalue weighted by Gasteiger charge is 2.25.